The molecule has 1 atom stereocenters. The second-order valence-corrected chi connectivity index (χ2v) is 8.27. The van der Waals surface area contributed by atoms with Gasteiger partial charge in [0.25, 0.3) is 5.69 Å². The second kappa shape index (κ2) is 6.30. The zero-order chi connectivity index (χ0) is 23.9. The summed E-state index contributed by atoms with van der Waals surface area (Å²) in [5, 5.41) is 23.1. The number of carbonyl (C=O) groups is 2. The third kappa shape index (κ3) is 2.07. The molecule has 1 spiro atoms. The lowest BCUT2D eigenvalue weighted by Gasteiger charge is -2.37. The van der Waals surface area contributed by atoms with E-state index in [-0.39, 0.29) is 34.0 Å². The molecular formula is C25H14N4O5. The summed E-state index contributed by atoms with van der Waals surface area (Å²) in [7, 11) is 1.49. The summed E-state index contributed by atoms with van der Waals surface area (Å²) in [6, 6.07) is 16.5. The van der Waals surface area contributed by atoms with Crippen LogP contribution < -0.4 is 10.6 Å². The summed E-state index contributed by atoms with van der Waals surface area (Å²) < 4.78 is 5.86. The Morgan fingerprint density at radius 1 is 1.12 bits per heavy atom. The van der Waals surface area contributed by atoms with Gasteiger partial charge in [-0.3, -0.25) is 19.7 Å². The predicted molar refractivity (Wildman–Crippen MR) is 121 cm³/mol. The van der Waals surface area contributed by atoms with Gasteiger partial charge in [0.05, 0.1) is 10.5 Å². The van der Waals surface area contributed by atoms with Crippen molar-refractivity contribution >= 4 is 39.6 Å². The van der Waals surface area contributed by atoms with Crippen LogP contribution in [0.5, 0.6) is 0 Å². The van der Waals surface area contributed by atoms with Gasteiger partial charge < -0.3 is 15.4 Å². The van der Waals surface area contributed by atoms with E-state index in [4.69, 9.17) is 10.5 Å². The Balaban J connectivity index is 1.80. The van der Waals surface area contributed by atoms with Gasteiger partial charge in [-0.15, -0.1) is 0 Å². The number of ketones is 1. The molecule has 1 aliphatic carbocycles. The molecule has 9 nitrogen and oxygen atoms in total. The minimum absolute atomic E-state index is 0.0689. The van der Waals surface area contributed by atoms with Crippen LogP contribution in [-0.2, 0) is 14.9 Å². The fourth-order valence-corrected chi connectivity index (χ4v) is 5.34. The number of benzene rings is 3. The number of hydrogen-bond donors (Lipinski definition) is 1. The van der Waals surface area contributed by atoms with E-state index >= 15 is 0 Å². The normalized spacial score (nSPS) is 20.4. The highest BCUT2D eigenvalue weighted by atomic mass is 16.6. The third-order valence-corrected chi connectivity index (χ3v) is 6.75. The summed E-state index contributed by atoms with van der Waals surface area (Å²) >= 11 is 0. The minimum Gasteiger partial charge on any atom is -0.439 e. The summed E-state index contributed by atoms with van der Waals surface area (Å²) in [6.07, 6.45) is 0. The fourth-order valence-electron chi connectivity index (χ4n) is 5.34. The highest BCUT2D eigenvalue weighted by Crippen LogP contribution is 2.57. The van der Waals surface area contributed by atoms with Crippen molar-refractivity contribution in [3.8, 4) is 6.07 Å². The van der Waals surface area contributed by atoms with Crippen LogP contribution in [0, 0.1) is 21.4 Å². The first-order chi connectivity index (χ1) is 16.3. The van der Waals surface area contributed by atoms with E-state index < -0.39 is 22.0 Å². The van der Waals surface area contributed by atoms with Gasteiger partial charge in [-0.05, 0) is 11.5 Å². The van der Waals surface area contributed by atoms with Crippen molar-refractivity contribution < 1.29 is 19.2 Å². The number of rotatable bonds is 1. The molecule has 0 saturated heterocycles. The van der Waals surface area contributed by atoms with Crippen LogP contribution in [0.4, 0.5) is 11.4 Å². The SMILES string of the molecule is CN1C(=O)C2(C(C#N)=C(N)OC3=C2C(=O)c2cccc4cccc3c24)c2cc([N+](=O)[O-])ccc21. The van der Waals surface area contributed by atoms with Crippen LogP contribution in [0.25, 0.3) is 16.5 Å². The number of amides is 1. The zero-order valence-corrected chi connectivity index (χ0v) is 17.7. The molecule has 1 unspecified atom stereocenters. The number of nitrogens with zero attached hydrogens (tertiary/aromatic N) is 3. The van der Waals surface area contributed by atoms with Gasteiger partial charge in [0, 0.05) is 46.9 Å². The maximum absolute atomic E-state index is 14.0. The van der Waals surface area contributed by atoms with Gasteiger partial charge in [0.1, 0.15) is 22.8 Å². The van der Waals surface area contributed by atoms with Crippen LogP contribution >= 0.6 is 0 Å². The van der Waals surface area contributed by atoms with E-state index in [0.717, 1.165) is 5.39 Å². The van der Waals surface area contributed by atoms with Gasteiger partial charge in [0.15, 0.2) is 5.78 Å². The number of likely N-dealkylation sites (N-methyl/N-ethyl adjacent to an activating group) is 1. The number of carbonyl (C=O) groups excluding carboxylic acids is 2. The van der Waals surface area contributed by atoms with Crippen molar-refractivity contribution in [2.45, 2.75) is 5.41 Å². The molecule has 3 aromatic rings. The van der Waals surface area contributed by atoms with Gasteiger partial charge in [-0.1, -0.05) is 36.4 Å². The number of fused-ring (bicyclic) bond motifs is 4. The number of non-ortho nitro benzene ring substituents is 1. The highest BCUT2D eigenvalue weighted by molar-refractivity contribution is 6.31. The van der Waals surface area contributed by atoms with Gasteiger partial charge in [0.2, 0.25) is 11.8 Å². The number of Topliss-reactive ketones (excluding diaryl/α,β-unsaturated/α-hetero) is 1. The van der Waals surface area contributed by atoms with Gasteiger partial charge in [-0.25, -0.2) is 0 Å². The summed E-state index contributed by atoms with van der Waals surface area (Å²) in [4.78, 5) is 40.3. The molecule has 9 heteroatoms. The Morgan fingerprint density at radius 2 is 1.82 bits per heavy atom. The molecular weight excluding hydrogens is 436 g/mol. The Bertz CT molecular complexity index is 1640. The molecule has 3 aliphatic rings. The van der Waals surface area contributed by atoms with Gasteiger partial charge >= 0.3 is 0 Å². The summed E-state index contributed by atoms with van der Waals surface area (Å²) in [5.41, 5.74) is 4.98. The Hall–Kier alpha value is -4.97. The van der Waals surface area contributed by atoms with Crippen LogP contribution in [0.15, 0.2) is 71.6 Å². The largest absolute Gasteiger partial charge is 0.439 e. The van der Waals surface area contributed by atoms with Crippen LogP contribution in [0.2, 0.25) is 0 Å². The number of ether oxygens (including phenoxy) is 1. The van der Waals surface area contributed by atoms with Crippen molar-refractivity contribution in [3.63, 3.8) is 0 Å². The maximum Gasteiger partial charge on any atom is 0.269 e. The zero-order valence-electron chi connectivity index (χ0n) is 17.7. The topological polar surface area (TPSA) is 140 Å². The van der Waals surface area contributed by atoms with Gasteiger partial charge in [-0.2, -0.15) is 5.26 Å². The molecule has 0 saturated carbocycles. The molecule has 1 amide bonds. The molecule has 164 valence electrons. The molecule has 2 N–H and O–H groups in total. The minimum atomic E-state index is -1.98. The number of nitro benzene ring substituents is 1. The lowest BCUT2D eigenvalue weighted by atomic mass is 9.64. The molecule has 3 aromatic carbocycles. The molecule has 34 heavy (non-hydrogen) atoms. The van der Waals surface area contributed by atoms with Crippen molar-refractivity contribution in [2.75, 3.05) is 11.9 Å². The fraction of sp³-hybridized carbons (Fsp3) is 0.0800. The number of nitriles is 1. The average Bonchev–Trinajstić information content (AvgIpc) is 3.04. The van der Waals surface area contributed by atoms with E-state index in [1.807, 2.05) is 18.2 Å². The first kappa shape index (κ1) is 19.7. The number of hydrogen-bond acceptors (Lipinski definition) is 7. The number of anilines is 1. The van der Waals surface area contributed by atoms with Crippen molar-refractivity contribution in [1.82, 2.24) is 0 Å². The smallest absolute Gasteiger partial charge is 0.269 e. The Labute approximate surface area is 192 Å². The number of nitrogens with two attached hydrogens (primary N) is 1. The summed E-state index contributed by atoms with van der Waals surface area (Å²) in [5.74, 6) is -1.36. The van der Waals surface area contributed by atoms with E-state index in [1.165, 1.54) is 30.1 Å². The van der Waals surface area contributed by atoms with Crippen LogP contribution in [-0.4, -0.2) is 23.7 Å². The molecule has 0 radical (unpaired) electrons. The van der Waals surface area contributed by atoms with E-state index in [0.29, 0.717) is 22.2 Å². The van der Waals surface area contributed by atoms with Crippen LogP contribution in [0.3, 0.4) is 0 Å². The Morgan fingerprint density at radius 3 is 2.50 bits per heavy atom. The number of nitro groups is 1. The van der Waals surface area contributed by atoms with E-state index in [1.54, 1.807) is 24.3 Å². The maximum atomic E-state index is 14.0. The molecule has 0 bridgehead atoms. The van der Waals surface area contributed by atoms with Crippen molar-refractivity contribution in [2.24, 2.45) is 5.73 Å². The first-order valence-corrected chi connectivity index (χ1v) is 10.3. The van der Waals surface area contributed by atoms with E-state index in [9.17, 15) is 25.0 Å². The molecule has 2 heterocycles. The summed E-state index contributed by atoms with van der Waals surface area (Å²) in [6.45, 7) is 0. The molecule has 0 fully saturated rings. The molecule has 0 aromatic heterocycles. The third-order valence-electron chi connectivity index (χ3n) is 6.75. The van der Waals surface area contributed by atoms with Crippen molar-refractivity contribution in [1.29, 1.82) is 5.26 Å². The highest BCUT2D eigenvalue weighted by Gasteiger charge is 2.62. The van der Waals surface area contributed by atoms with Crippen LogP contribution in [0.1, 0.15) is 21.5 Å². The monoisotopic (exact) mass is 450 g/mol. The average molecular weight is 450 g/mol. The first-order valence-electron chi connectivity index (χ1n) is 10.3. The standard InChI is InChI=1S/C25H14N4O5/c1-28-18-9-8-13(29(32)33)10-16(18)25(24(28)31)17(11-26)23(27)34-22-15-7-3-5-12-4-2-6-14(19(12)15)21(30)20(22)25/h2-10H,27H2,1H3. The Kier molecular flexibility index (Phi) is 3.65. The van der Waals surface area contributed by atoms with E-state index in [2.05, 4.69) is 0 Å². The lowest BCUT2D eigenvalue weighted by molar-refractivity contribution is -0.384. The van der Waals surface area contributed by atoms with Crippen molar-refractivity contribution in [3.05, 3.63) is 98.4 Å². The predicted octanol–water partition coefficient (Wildman–Crippen LogP) is 3.29. The molecule has 2 aliphatic heterocycles. The second-order valence-electron chi connectivity index (χ2n) is 8.27. The quantitative estimate of drug-likeness (QED) is 0.443. The lowest BCUT2D eigenvalue weighted by Crippen LogP contribution is -2.48. The molecule has 6 rings (SSSR count).